The van der Waals surface area contributed by atoms with Gasteiger partial charge in [0.1, 0.15) is 12.6 Å². The summed E-state index contributed by atoms with van der Waals surface area (Å²) in [5.74, 6) is 0.769. The van der Waals surface area contributed by atoms with E-state index in [1.807, 2.05) is 54.6 Å². The molecule has 36 heavy (non-hydrogen) atoms. The molecule has 1 unspecified atom stereocenters. The van der Waals surface area contributed by atoms with Crippen molar-refractivity contribution in [3.63, 3.8) is 0 Å². The summed E-state index contributed by atoms with van der Waals surface area (Å²) in [6, 6.07) is 21.1. The smallest absolute Gasteiger partial charge is 0.260 e. The summed E-state index contributed by atoms with van der Waals surface area (Å²) in [5, 5.41) is 2.92. The van der Waals surface area contributed by atoms with Gasteiger partial charge in [-0.25, -0.2) is 0 Å². The third-order valence-corrected chi connectivity index (χ3v) is 7.01. The van der Waals surface area contributed by atoms with Crippen LogP contribution < -0.4 is 20.5 Å². The number of ether oxygens (including phenoxy) is 2. The number of nitrogens with one attached hydrogen (secondary N) is 1. The normalized spacial score (nSPS) is 15.1. The molecule has 182 valence electrons. The van der Waals surface area contributed by atoms with Gasteiger partial charge in [0, 0.05) is 17.0 Å². The quantitative estimate of drug-likeness (QED) is 0.488. The maximum atomic E-state index is 13.7. The molecular weight excluding hydrogens is 474 g/mol. The number of carbonyl (C=O) groups is 2. The molecule has 0 saturated heterocycles. The summed E-state index contributed by atoms with van der Waals surface area (Å²) in [6.45, 7) is 1.24. The van der Waals surface area contributed by atoms with Gasteiger partial charge in [0.15, 0.2) is 11.5 Å². The van der Waals surface area contributed by atoms with Gasteiger partial charge in [-0.2, -0.15) is 0 Å². The number of nitrogens with zero attached hydrogens (tertiary/aromatic N) is 1. The largest absolute Gasteiger partial charge is 0.485 e. The van der Waals surface area contributed by atoms with E-state index < -0.39 is 6.04 Å². The first-order valence-electron chi connectivity index (χ1n) is 11.6. The lowest BCUT2D eigenvalue weighted by atomic mass is 10.0. The maximum absolute atomic E-state index is 13.7. The van der Waals surface area contributed by atoms with Gasteiger partial charge in [-0.3, -0.25) is 13.9 Å². The van der Waals surface area contributed by atoms with Crippen LogP contribution in [0.15, 0.2) is 91.2 Å². The third-order valence-electron chi connectivity index (χ3n) is 5.86. The molecule has 0 aromatic heterocycles. The second-order valence-corrected chi connectivity index (χ2v) is 9.30. The van der Waals surface area contributed by atoms with Crippen LogP contribution in [0, 0.1) is 0 Å². The first-order chi connectivity index (χ1) is 17.6. The van der Waals surface area contributed by atoms with Gasteiger partial charge in [0.05, 0.1) is 12.8 Å². The lowest BCUT2D eigenvalue weighted by molar-refractivity contribution is -0.127. The number of amides is 2. The predicted molar refractivity (Wildman–Crippen MR) is 140 cm³/mol. The molecule has 7 nitrogen and oxygen atoms in total. The Morgan fingerprint density at radius 3 is 2.61 bits per heavy atom. The van der Waals surface area contributed by atoms with Crippen LogP contribution in [0.25, 0.3) is 4.91 Å². The van der Waals surface area contributed by atoms with Crippen molar-refractivity contribution in [1.29, 1.82) is 0 Å². The second-order valence-electron chi connectivity index (χ2n) is 8.24. The number of hydrogen-bond donors (Lipinski definition) is 2. The van der Waals surface area contributed by atoms with E-state index in [4.69, 9.17) is 15.2 Å². The monoisotopic (exact) mass is 499 g/mol. The molecule has 3 aromatic carbocycles. The zero-order valence-electron chi connectivity index (χ0n) is 19.4. The molecule has 0 bridgehead atoms. The summed E-state index contributed by atoms with van der Waals surface area (Å²) in [5.41, 5.74) is 8.80. The van der Waals surface area contributed by atoms with Crippen LogP contribution in [0.1, 0.15) is 33.1 Å². The van der Waals surface area contributed by atoms with Crippen molar-refractivity contribution in [3.05, 3.63) is 113 Å². The van der Waals surface area contributed by atoms with Crippen molar-refractivity contribution in [3.8, 4) is 11.5 Å². The molecule has 2 aliphatic rings. The number of carbonyl (C=O) groups excluding carboxylic acids is 2. The van der Waals surface area contributed by atoms with E-state index in [-0.39, 0.29) is 11.8 Å². The molecule has 2 heterocycles. The third kappa shape index (κ3) is 5.15. The van der Waals surface area contributed by atoms with Gasteiger partial charge in [0.25, 0.3) is 11.8 Å². The number of benzene rings is 3. The van der Waals surface area contributed by atoms with E-state index >= 15 is 0 Å². The van der Waals surface area contributed by atoms with Crippen LogP contribution in [0.4, 0.5) is 0 Å². The fourth-order valence-corrected chi connectivity index (χ4v) is 4.88. The topological polar surface area (TPSA) is 93.9 Å². The molecule has 2 aliphatic heterocycles. The van der Waals surface area contributed by atoms with E-state index in [2.05, 4.69) is 5.32 Å². The first-order valence-corrected chi connectivity index (χ1v) is 12.3. The van der Waals surface area contributed by atoms with Crippen LogP contribution in [-0.4, -0.2) is 29.3 Å². The van der Waals surface area contributed by atoms with Crippen LogP contribution in [0.3, 0.4) is 0 Å². The van der Waals surface area contributed by atoms with Crippen LogP contribution in [0.5, 0.6) is 11.5 Å². The Morgan fingerprint density at radius 1 is 1.03 bits per heavy atom. The van der Waals surface area contributed by atoms with Gasteiger partial charge in [-0.15, -0.1) is 0 Å². The zero-order valence-corrected chi connectivity index (χ0v) is 20.2. The Balaban J connectivity index is 1.35. The Kier molecular flexibility index (Phi) is 7.06. The minimum Gasteiger partial charge on any atom is -0.485 e. The number of hydrogen-bond acceptors (Lipinski definition) is 6. The number of nitrogens with two attached hydrogens (primary N) is 1. The second kappa shape index (κ2) is 10.7. The SMILES string of the molecule is NCc1ccc(C(NC(=O)c2ccccc2)C(=O)N2CC=C(c3ccc4c(c3)OCC=CO4)S2)cc1. The van der Waals surface area contributed by atoms with Crippen molar-refractivity contribution >= 4 is 28.7 Å². The van der Waals surface area contributed by atoms with Crippen molar-refractivity contribution in [2.45, 2.75) is 12.6 Å². The van der Waals surface area contributed by atoms with Crippen LogP contribution in [-0.2, 0) is 11.3 Å². The molecule has 0 radical (unpaired) electrons. The summed E-state index contributed by atoms with van der Waals surface area (Å²) in [4.78, 5) is 27.6. The summed E-state index contributed by atoms with van der Waals surface area (Å²) in [6.07, 6.45) is 5.40. The van der Waals surface area contributed by atoms with Crippen molar-refractivity contribution in [2.24, 2.45) is 5.73 Å². The number of fused-ring (bicyclic) bond motifs is 1. The molecule has 1 atom stereocenters. The Bertz CT molecular complexity index is 1320. The lowest BCUT2D eigenvalue weighted by Crippen LogP contribution is -2.39. The minimum absolute atomic E-state index is 0.213. The highest BCUT2D eigenvalue weighted by Crippen LogP contribution is 2.41. The average Bonchev–Trinajstić information content (AvgIpc) is 3.31. The van der Waals surface area contributed by atoms with Gasteiger partial charge in [0.2, 0.25) is 0 Å². The van der Waals surface area contributed by atoms with E-state index in [0.717, 1.165) is 16.0 Å². The summed E-state index contributed by atoms with van der Waals surface area (Å²) < 4.78 is 12.9. The van der Waals surface area contributed by atoms with Crippen molar-refractivity contribution in [2.75, 3.05) is 13.2 Å². The van der Waals surface area contributed by atoms with Crippen molar-refractivity contribution in [1.82, 2.24) is 9.62 Å². The minimum atomic E-state index is -0.848. The van der Waals surface area contributed by atoms with E-state index in [0.29, 0.717) is 42.3 Å². The molecule has 0 saturated carbocycles. The zero-order chi connectivity index (χ0) is 24.9. The lowest BCUT2D eigenvalue weighted by Gasteiger charge is -2.24. The number of rotatable bonds is 6. The van der Waals surface area contributed by atoms with Gasteiger partial charge < -0.3 is 20.5 Å². The molecular formula is C28H25N3O4S. The van der Waals surface area contributed by atoms with E-state index in [1.54, 1.807) is 40.9 Å². The van der Waals surface area contributed by atoms with E-state index in [9.17, 15) is 9.59 Å². The fourth-order valence-electron chi connectivity index (χ4n) is 3.92. The fraction of sp³-hybridized carbons (Fsp3) is 0.143. The molecule has 5 rings (SSSR count). The Morgan fingerprint density at radius 2 is 1.83 bits per heavy atom. The molecule has 2 amide bonds. The Labute approximate surface area is 213 Å². The van der Waals surface area contributed by atoms with Gasteiger partial charge in [-0.05, 0) is 71.1 Å². The highest BCUT2D eigenvalue weighted by molar-refractivity contribution is 8.06. The predicted octanol–water partition coefficient (Wildman–Crippen LogP) is 4.43. The first kappa shape index (κ1) is 23.7. The summed E-state index contributed by atoms with van der Waals surface area (Å²) >= 11 is 1.34. The summed E-state index contributed by atoms with van der Waals surface area (Å²) in [7, 11) is 0. The average molecular weight is 500 g/mol. The van der Waals surface area contributed by atoms with Gasteiger partial charge >= 0.3 is 0 Å². The van der Waals surface area contributed by atoms with Crippen LogP contribution >= 0.6 is 11.9 Å². The van der Waals surface area contributed by atoms with Crippen LogP contribution in [0.2, 0.25) is 0 Å². The highest BCUT2D eigenvalue weighted by atomic mass is 32.2. The van der Waals surface area contributed by atoms with Gasteiger partial charge in [-0.1, -0.05) is 42.5 Å². The molecule has 8 heteroatoms. The standard InChI is InChI=1S/C28H25N3O4S/c29-18-19-7-9-20(10-8-19)26(30-27(32)21-5-2-1-3-6-21)28(33)31-14-13-25(36-31)22-11-12-23-24(17-22)35-16-4-15-34-23/h1-13,15,17,26H,14,16,18,29H2,(H,30,32). The molecule has 0 fully saturated rings. The Hall–Kier alpha value is -4.01. The molecule has 0 spiro atoms. The highest BCUT2D eigenvalue weighted by Gasteiger charge is 2.31. The van der Waals surface area contributed by atoms with E-state index in [1.165, 1.54) is 11.9 Å². The maximum Gasteiger partial charge on any atom is 0.260 e. The molecule has 3 N–H and O–H groups in total. The molecule has 0 aliphatic carbocycles. The molecule has 3 aromatic rings. The van der Waals surface area contributed by atoms with Crippen molar-refractivity contribution < 1.29 is 19.1 Å².